The van der Waals surface area contributed by atoms with Gasteiger partial charge in [-0.15, -0.1) is 0 Å². The van der Waals surface area contributed by atoms with Crippen LogP contribution in [-0.2, 0) is 24.8 Å². The maximum Gasteiger partial charge on any atom is 0.272 e. The number of carbonyl (C=O) groups is 1. The van der Waals surface area contributed by atoms with E-state index < -0.39 is 0 Å². The third-order valence-corrected chi connectivity index (χ3v) is 4.39. The second kappa shape index (κ2) is 5.85. The fraction of sp³-hybridized carbons (Fsp3) is 0.529. The molecule has 23 heavy (non-hydrogen) atoms. The largest absolute Gasteiger partial charge is 0.467 e. The van der Waals surface area contributed by atoms with E-state index in [-0.39, 0.29) is 18.1 Å². The van der Waals surface area contributed by atoms with Crippen LogP contribution in [0.4, 0.5) is 0 Å². The van der Waals surface area contributed by atoms with Crippen molar-refractivity contribution in [3.8, 4) is 0 Å². The molecule has 2 aromatic rings. The van der Waals surface area contributed by atoms with Gasteiger partial charge >= 0.3 is 0 Å². The number of ether oxygens (including phenoxy) is 1. The minimum Gasteiger partial charge on any atom is -0.467 e. The second-order valence-electron chi connectivity index (χ2n) is 6.32. The van der Waals surface area contributed by atoms with Gasteiger partial charge in [0.15, 0.2) is 0 Å². The first-order valence-electron chi connectivity index (χ1n) is 7.88. The normalized spacial score (nSPS) is 20.4. The van der Waals surface area contributed by atoms with Gasteiger partial charge in [-0.1, -0.05) is 0 Å². The van der Waals surface area contributed by atoms with Gasteiger partial charge in [0.25, 0.3) is 5.91 Å². The van der Waals surface area contributed by atoms with E-state index in [2.05, 4.69) is 5.10 Å². The van der Waals surface area contributed by atoms with E-state index in [0.29, 0.717) is 18.7 Å². The molecule has 0 spiro atoms. The standard InChI is InChI=1S/C17H23N3O3/c1-10-6-7-22-14(10)9-19(4)17(21)16-13-8-11(2)23-12(3)15(13)18-20(16)5/h6-7,11-12H,8-9H2,1-5H3/t11-,12+/m1/s1. The Hall–Kier alpha value is -2.08. The highest BCUT2D eigenvalue weighted by atomic mass is 16.5. The quantitative estimate of drug-likeness (QED) is 0.873. The molecule has 1 aliphatic heterocycles. The summed E-state index contributed by atoms with van der Waals surface area (Å²) in [6.45, 7) is 6.42. The van der Waals surface area contributed by atoms with Gasteiger partial charge in [0.1, 0.15) is 11.5 Å². The van der Waals surface area contributed by atoms with Gasteiger partial charge in [-0.05, 0) is 32.4 Å². The summed E-state index contributed by atoms with van der Waals surface area (Å²) in [5.41, 5.74) is 3.57. The van der Waals surface area contributed by atoms with Crippen LogP contribution >= 0.6 is 0 Å². The molecule has 0 radical (unpaired) electrons. The lowest BCUT2D eigenvalue weighted by Gasteiger charge is -2.25. The van der Waals surface area contributed by atoms with Crippen molar-refractivity contribution in [1.82, 2.24) is 14.7 Å². The molecule has 3 heterocycles. The van der Waals surface area contributed by atoms with Crippen LogP contribution in [0.1, 0.15) is 53.0 Å². The molecule has 3 rings (SSSR count). The van der Waals surface area contributed by atoms with Crippen LogP contribution in [0.15, 0.2) is 16.7 Å². The summed E-state index contributed by atoms with van der Waals surface area (Å²) in [6.07, 6.45) is 2.36. The van der Waals surface area contributed by atoms with Crippen LogP contribution in [0.3, 0.4) is 0 Å². The van der Waals surface area contributed by atoms with E-state index in [4.69, 9.17) is 9.15 Å². The summed E-state index contributed by atoms with van der Waals surface area (Å²) in [7, 11) is 3.60. The van der Waals surface area contributed by atoms with Crippen molar-refractivity contribution in [3.05, 3.63) is 40.6 Å². The molecule has 6 heteroatoms. The van der Waals surface area contributed by atoms with Crippen LogP contribution < -0.4 is 0 Å². The number of nitrogens with zero attached hydrogens (tertiary/aromatic N) is 3. The van der Waals surface area contributed by atoms with Crippen LogP contribution in [0.5, 0.6) is 0 Å². The maximum atomic E-state index is 12.9. The Labute approximate surface area is 136 Å². The lowest BCUT2D eigenvalue weighted by atomic mass is 9.99. The number of rotatable bonds is 3. The number of hydrogen-bond acceptors (Lipinski definition) is 4. The molecule has 1 aliphatic rings. The molecule has 0 aromatic carbocycles. The maximum absolute atomic E-state index is 12.9. The average Bonchev–Trinajstić information content (AvgIpc) is 3.02. The molecule has 2 aromatic heterocycles. The highest BCUT2D eigenvalue weighted by molar-refractivity contribution is 5.94. The molecule has 0 saturated heterocycles. The third kappa shape index (κ3) is 2.79. The number of furan rings is 1. The van der Waals surface area contributed by atoms with Crippen LogP contribution in [-0.4, -0.2) is 33.7 Å². The number of carbonyl (C=O) groups excluding carboxylic acids is 1. The monoisotopic (exact) mass is 317 g/mol. The van der Waals surface area contributed by atoms with E-state index in [9.17, 15) is 4.79 Å². The zero-order chi connectivity index (χ0) is 16.7. The Morgan fingerprint density at radius 1 is 1.48 bits per heavy atom. The Bertz CT molecular complexity index is 732. The van der Waals surface area contributed by atoms with E-state index >= 15 is 0 Å². The number of fused-ring (bicyclic) bond motifs is 1. The topological polar surface area (TPSA) is 60.5 Å². The van der Waals surface area contributed by atoms with Crippen molar-refractivity contribution in [1.29, 1.82) is 0 Å². The molecule has 2 atom stereocenters. The van der Waals surface area contributed by atoms with Gasteiger partial charge in [0.2, 0.25) is 0 Å². The van der Waals surface area contributed by atoms with Gasteiger partial charge < -0.3 is 14.1 Å². The number of aromatic nitrogens is 2. The minimum atomic E-state index is -0.0841. The van der Waals surface area contributed by atoms with Crippen molar-refractivity contribution < 1.29 is 13.9 Å². The fourth-order valence-corrected chi connectivity index (χ4v) is 3.17. The van der Waals surface area contributed by atoms with Crippen molar-refractivity contribution in [2.75, 3.05) is 7.05 Å². The zero-order valence-corrected chi connectivity index (χ0v) is 14.3. The second-order valence-corrected chi connectivity index (χ2v) is 6.32. The number of hydrogen-bond donors (Lipinski definition) is 0. The average molecular weight is 317 g/mol. The molecular formula is C17H23N3O3. The van der Waals surface area contributed by atoms with Gasteiger partial charge in [-0.25, -0.2) is 0 Å². The molecule has 0 aliphatic carbocycles. The molecule has 1 amide bonds. The lowest BCUT2D eigenvalue weighted by Crippen LogP contribution is -2.30. The van der Waals surface area contributed by atoms with Crippen LogP contribution in [0.25, 0.3) is 0 Å². The third-order valence-electron chi connectivity index (χ3n) is 4.39. The Morgan fingerprint density at radius 2 is 2.22 bits per heavy atom. The summed E-state index contributed by atoms with van der Waals surface area (Å²) >= 11 is 0. The van der Waals surface area contributed by atoms with E-state index in [1.807, 2.05) is 33.9 Å². The summed E-state index contributed by atoms with van der Waals surface area (Å²) in [5.74, 6) is 0.764. The first-order valence-corrected chi connectivity index (χ1v) is 7.88. The molecule has 0 N–H and O–H groups in total. The lowest BCUT2D eigenvalue weighted by molar-refractivity contribution is -0.00713. The molecule has 6 nitrogen and oxygen atoms in total. The van der Waals surface area contributed by atoms with E-state index in [0.717, 1.165) is 22.6 Å². The number of amides is 1. The van der Waals surface area contributed by atoms with Crippen molar-refractivity contribution >= 4 is 5.91 Å². The molecule has 0 unspecified atom stereocenters. The van der Waals surface area contributed by atoms with Crippen molar-refractivity contribution in [2.45, 2.75) is 45.9 Å². The van der Waals surface area contributed by atoms with Gasteiger partial charge in [-0.3, -0.25) is 9.48 Å². The summed E-state index contributed by atoms with van der Waals surface area (Å²) < 4.78 is 12.9. The van der Waals surface area contributed by atoms with E-state index in [1.165, 1.54) is 0 Å². The molecular weight excluding hydrogens is 294 g/mol. The Balaban J connectivity index is 1.89. The summed E-state index contributed by atoms with van der Waals surface area (Å²) in [5, 5.41) is 4.51. The predicted octanol–water partition coefficient (Wildman–Crippen LogP) is 2.62. The summed E-state index contributed by atoms with van der Waals surface area (Å²) in [4.78, 5) is 14.6. The minimum absolute atomic E-state index is 0.0432. The number of aryl methyl sites for hydroxylation is 2. The first-order chi connectivity index (χ1) is 10.9. The molecule has 0 saturated carbocycles. The van der Waals surface area contributed by atoms with Crippen LogP contribution in [0, 0.1) is 6.92 Å². The Kier molecular flexibility index (Phi) is 4.02. The predicted molar refractivity (Wildman–Crippen MR) is 85.1 cm³/mol. The summed E-state index contributed by atoms with van der Waals surface area (Å²) in [6, 6.07) is 1.90. The van der Waals surface area contributed by atoms with Gasteiger partial charge in [-0.2, -0.15) is 5.10 Å². The van der Waals surface area contributed by atoms with Crippen molar-refractivity contribution in [2.24, 2.45) is 7.05 Å². The SMILES string of the molecule is Cc1ccoc1CN(C)C(=O)c1c2c(nn1C)[C@H](C)O[C@H](C)C2. The van der Waals surface area contributed by atoms with E-state index in [1.54, 1.807) is 22.9 Å². The van der Waals surface area contributed by atoms with Gasteiger partial charge in [0.05, 0.1) is 30.7 Å². The highest BCUT2D eigenvalue weighted by Crippen LogP contribution is 2.31. The fourth-order valence-electron chi connectivity index (χ4n) is 3.17. The van der Waals surface area contributed by atoms with Crippen molar-refractivity contribution in [3.63, 3.8) is 0 Å². The highest BCUT2D eigenvalue weighted by Gasteiger charge is 2.32. The molecule has 0 bridgehead atoms. The molecule has 0 fully saturated rings. The smallest absolute Gasteiger partial charge is 0.272 e. The Morgan fingerprint density at radius 3 is 2.87 bits per heavy atom. The molecule has 124 valence electrons. The van der Waals surface area contributed by atoms with Crippen LogP contribution in [0.2, 0.25) is 0 Å². The van der Waals surface area contributed by atoms with Gasteiger partial charge in [0, 0.05) is 26.1 Å². The first kappa shape index (κ1) is 15.8. The zero-order valence-electron chi connectivity index (χ0n) is 14.3.